The molecule has 9 aliphatic carbocycles. The molecule has 6 unspecified atom stereocenters. The summed E-state index contributed by atoms with van der Waals surface area (Å²) in [6.45, 7) is 0. The van der Waals surface area contributed by atoms with Gasteiger partial charge in [-0.3, -0.25) is 9.98 Å². The molecule has 1 aromatic rings. The van der Waals surface area contributed by atoms with Gasteiger partial charge < -0.3 is 10.3 Å². The summed E-state index contributed by atoms with van der Waals surface area (Å²) in [6.07, 6.45) is 48.6. The van der Waals surface area contributed by atoms with Crippen LogP contribution in [0.15, 0.2) is 43.9 Å². The van der Waals surface area contributed by atoms with Crippen molar-refractivity contribution in [2.24, 2.45) is 69.2 Å². The molecule has 0 amide bonds. The molecular formula is C60H82CuN4. The number of hydrogen-bond acceptors (Lipinski definition) is 2. The maximum Gasteiger partial charge on any atom is 2.00 e. The van der Waals surface area contributed by atoms with Crippen LogP contribution in [0.25, 0.3) is 16.5 Å². The summed E-state index contributed by atoms with van der Waals surface area (Å²) in [5.41, 5.74) is 22.5. The van der Waals surface area contributed by atoms with Crippen LogP contribution >= 0.6 is 0 Å². The summed E-state index contributed by atoms with van der Waals surface area (Å²) < 4.78 is 0. The third kappa shape index (κ3) is 7.69. The van der Waals surface area contributed by atoms with Crippen LogP contribution in [0, 0.1) is 59.2 Å². The normalized spacial score (nSPS) is 34.1. The molecule has 4 nitrogen and oxygen atoms in total. The Labute approximate surface area is 404 Å². The van der Waals surface area contributed by atoms with Crippen LogP contribution in [0.4, 0.5) is 0 Å². The van der Waals surface area contributed by atoms with Gasteiger partial charge in [-0.15, -0.1) is 11.4 Å². The smallest absolute Gasteiger partial charge is 0.664 e. The fourth-order valence-corrected chi connectivity index (χ4v) is 17.6. The molecule has 65 heavy (non-hydrogen) atoms. The average Bonchev–Trinajstić information content (AvgIpc) is 4.14. The minimum Gasteiger partial charge on any atom is -0.664 e. The molecule has 13 rings (SSSR count). The van der Waals surface area contributed by atoms with E-state index in [1.54, 1.807) is 67.6 Å². The van der Waals surface area contributed by atoms with E-state index in [-0.39, 0.29) is 17.1 Å². The van der Waals surface area contributed by atoms with Crippen molar-refractivity contribution in [2.45, 2.75) is 231 Å². The topological polar surface area (TPSA) is 52.9 Å². The summed E-state index contributed by atoms with van der Waals surface area (Å²) in [6, 6.07) is 0. The molecule has 1 aromatic heterocycles. The minimum atomic E-state index is 0. The van der Waals surface area contributed by atoms with E-state index >= 15 is 0 Å². The average molecular weight is 923 g/mol. The number of allylic oxidation sites excluding steroid dienone is 8. The van der Waals surface area contributed by atoms with E-state index in [0.717, 1.165) is 0 Å². The molecule has 12 aliphatic rings. The van der Waals surface area contributed by atoms with Gasteiger partial charge in [-0.25, -0.2) is 0 Å². The van der Waals surface area contributed by atoms with Gasteiger partial charge in [0.25, 0.3) is 0 Å². The summed E-state index contributed by atoms with van der Waals surface area (Å²) in [5.74, 6) is 5.87. The predicted molar refractivity (Wildman–Crippen MR) is 265 cm³/mol. The molecule has 7 saturated carbocycles. The van der Waals surface area contributed by atoms with Crippen LogP contribution in [-0.2, 0) is 29.9 Å². The quantitative estimate of drug-likeness (QED) is 0.278. The molecule has 0 N–H and O–H groups in total. The molecule has 8 fully saturated rings. The van der Waals surface area contributed by atoms with Gasteiger partial charge in [-0.05, 0) is 173 Å². The van der Waals surface area contributed by atoms with Gasteiger partial charge >= 0.3 is 17.1 Å². The van der Waals surface area contributed by atoms with Crippen molar-refractivity contribution in [3.8, 4) is 0 Å². The van der Waals surface area contributed by atoms with Crippen LogP contribution in [0.3, 0.4) is 0 Å². The molecular weight excluding hydrogens is 840 g/mol. The molecule has 0 aromatic carbocycles. The van der Waals surface area contributed by atoms with E-state index < -0.39 is 0 Å². The Bertz CT molecular complexity index is 2000. The largest absolute Gasteiger partial charge is 2.00 e. The number of hydrogen-bond donors (Lipinski definition) is 0. The molecule has 5 heteroatoms. The third-order valence-corrected chi connectivity index (χ3v) is 20.6. The Morgan fingerprint density at radius 3 is 0.985 bits per heavy atom. The first-order chi connectivity index (χ1) is 31.8. The number of nitrogens with zero attached hydrogens (tertiary/aromatic N) is 4. The first-order valence-corrected chi connectivity index (χ1v) is 28.8. The van der Waals surface area contributed by atoms with E-state index in [2.05, 4.69) is 0 Å². The second-order valence-electron chi connectivity index (χ2n) is 24.1. The van der Waals surface area contributed by atoms with E-state index in [9.17, 15) is 0 Å². The van der Waals surface area contributed by atoms with E-state index in [4.69, 9.17) is 20.3 Å². The van der Waals surface area contributed by atoms with Crippen LogP contribution in [0.5, 0.6) is 0 Å². The van der Waals surface area contributed by atoms with Gasteiger partial charge in [0.15, 0.2) is 0 Å². The molecule has 1 radical (unpaired) electrons. The molecule has 8 bridgehead atoms. The fraction of sp³-hybridized carbons (Fsp3) is 0.767. The van der Waals surface area contributed by atoms with Crippen molar-refractivity contribution in [2.75, 3.05) is 0 Å². The van der Waals surface area contributed by atoms with Crippen LogP contribution in [0.1, 0.15) is 241 Å². The first-order valence-electron chi connectivity index (χ1n) is 28.8. The number of aliphatic imine (C=N–C) groups is 2. The third-order valence-electron chi connectivity index (χ3n) is 20.6. The maximum atomic E-state index is 6.43. The van der Waals surface area contributed by atoms with Crippen molar-refractivity contribution in [3.05, 3.63) is 61.8 Å². The predicted octanol–water partition coefficient (Wildman–Crippen LogP) is 16.5. The van der Waals surface area contributed by atoms with Crippen LogP contribution in [-0.4, -0.2) is 11.4 Å². The Kier molecular flexibility index (Phi) is 12.9. The van der Waals surface area contributed by atoms with Crippen molar-refractivity contribution in [3.63, 3.8) is 0 Å². The Morgan fingerprint density at radius 2 is 0.615 bits per heavy atom. The minimum absolute atomic E-state index is 0. The number of aromatic nitrogens is 1. The second kappa shape index (κ2) is 19.0. The number of rotatable bonds is 4. The zero-order valence-corrected chi connectivity index (χ0v) is 41.3. The molecule has 4 heterocycles. The van der Waals surface area contributed by atoms with Crippen LogP contribution in [0.2, 0.25) is 0 Å². The van der Waals surface area contributed by atoms with E-state index in [0.29, 0.717) is 59.2 Å². The summed E-state index contributed by atoms with van der Waals surface area (Å²) in [4.78, 5) is 19.2. The van der Waals surface area contributed by atoms with Gasteiger partial charge in [-0.2, -0.15) is 11.4 Å². The van der Waals surface area contributed by atoms with Crippen LogP contribution < -0.4 is 4.98 Å². The second-order valence-corrected chi connectivity index (χ2v) is 24.1. The van der Waals surface area contributed by atoms with Gasteiger partial charge in [0.2, 0.25) is 0 Å². The Balaban J connectivity index is 0.00000444. The van der Waals surface area contributed by atoms with Gasteiger partial charge in [0.1, 0.15) is 0 Å². The SMILES string of the molecule is C1CCC(C2=C3[N-]C(=C(C4CCCCC4)C4=NC(=C(C5CCCCC5)c5[n-]c(c6c5CCCC6)C(C5CCCCC5)=C5N=C2C2CCCCC52)C2CCCCC42)C2CCCCC32)CC1.[Cu+2]. The molecule has 6 atom stereocenters. The first kappa shape index (κ1) is 44.1. The molecule has 353 valence electrons. The maximum absolute atomic E-state index is 6.43. The van der Waals surface area contributed by atoms with E-state index in [1.165, 1.54) is 243 Å². The van der Waals surface area contributed by atoms with Crippen molar-refractivity contribution < 1.29 is 17.1 Å². The summed E-state index contributed by atoms with van der Waals surface area (Å²) in [7, 11) is 0. The fourth-order valence-electron chi connectivity index (χ4n) is 17.6. The standard InChI is InChI=1S/C60H82N4.Cu/c1-5-21-37(22-6-1)49-53-41-29-13-15-31-43(41)55(61-53)50(38-23-7-2-8-24-38)57-45-33-17-19-35-47(45)59(63-57)52(40-27-11-4-12-28-40)60-48-36-20-18-34-46(48)58(64-60)51(39-25-9-3-10-26-39)56-44-32-16-14-30-42(44)54(49)62-56;/h37-45,47H,1-36H2;/q-2;+2. The Hall–Kier alpha value is -2.10. The Morgan fingerprint density at radius 1 is 0.308 bits per heavy atom. The van der Waals surface area contributed by atoms with Gasteiger partial charge in [0, 0.05) is 46.5 Å². The summed E-state index contributed by atoms with van der Waals surface area (Å²) >= 11 is 0. The van der Waals surface area contributed by atoms with E-state index in [1.807, 2.05) is 0 Å². The van der Waals surface area contributed by atoms with Crippen molar-refractivity contribution in [1.82, 2.24) is 4.98 Å². The summed E-state index contributed by atoms with van der Waals surface area (Å²) in [5, 5.41) is 6.43. The molecule has 3 aliphatic heterocycles. The molecule has 0 spiro atoms. The zero-order chi connectivity index (χ0) is 42.1. The van der Waals surface area contributed by atoms with Gasteiger partial charge in [-0.1, -0.05) is 127 Å². The van der Waals surface area contributed by atoms with Gasteiger partial charge in [0.05, 0.1) is 0 Å². The zero-order valence-electron chi connectivity index (χ0n) is 40.3. The van der Waals surface area contributed by atoms with Crippen molar-refractivity contribution in [1.29, 1.82) is 0 Å². The van der Waals surface area contributed by atoms with Crippen molar-refractivity contribution >= 4 is 22.6 Å². The monoisotopic (exact) mass is 922 g/mol. The molecule has 1 saturated heterocycles.